The number of anilines is 1. The van der Waals surface area contributed by atoms with Crippen LogP contribution in [0.15, 0.2) is 36.5 Å². The molecule has 1 amide bonds. The summed E-state index contributed by atoms with van der Waals surface area (Å²) < 4.78 is 10.9. The third-order valence-corrected chi connectivity index (χ3v) is 5.50. The van der Waals surface area contributed by atoms with Crippen molar-refractivity contribution in [1.29, 1.82) is 0 Å². The van der Waals surface area contributed by atoms with E-state index in [1.165, 1.54) is 0 Å². The molecule has 0 bridgehead atoms. The van der Waals surface area contributed by atoms with E-state index in [4.69, 9.17) is 21.1 Å². The predicted molar refractivity (Wildman–Crippen MR) is 111 cm³/mol. The molecule has 3 rings (SSSR count). The van der Waals surface area contributed by atoms with Gasteiger partial charge in [0.25, 0.3) is 0 Å². The number of amides is 1. The first kappa shape index (κ1) is 20.6. The second-order valence-electron chi connectivity index (χ2n) is 7.14. The largest absolute Gasteiger partial charge is 0.475 e. The summed E-state index contributed by atoms with van der Waals surface area (Å²) in [6.07, 6.45) is 5.41. The van der Waals surface area contributed by atoms with Gasteiger partial charge in [0.1, 0.15) is 6.61 Å². The Morgan fingerprint density at radius 2 is 1.93 bits per heavy atom. The molecule has 0 spiro atoms. The van der Waals surface area contributed by atoms with Crippen LogP contribution in [-0.2, 0) is 14.9 Å². The van der Waals surface area contributed by atoms with Crippen molar-refractivity contribution in [2.45, 2.75) is 44.9 Å². The Balaban J connectivity index is 1.72. The topological polar surface area (TPSA) is 60.5 Å². The van der Waals surface area contributed by atoms with Crippen LogP contribution in [0.2, 0.25) is 5.02 Å². The Morgan fingerprint density at radius 1 is 1.21 bits per heavy atom. The van der Waals surface area contributed by atoms with Crippen LogP contribution in [0.1, 0.15) is 43.7 Å². The molecule has 1 aliphatic carbocycles. The maximum atomic E-state index is 13.2. The van der Waals surface area contributed by atoms with E-state index in [9.17, 15) is 4.79 Å². The van der Waals surface area contributed by atoms with Crippen LogP contribution in [0.3, 0.4) is 0 Å². The molecular weight excluding hydrogens is 376 g/mol. The third-order valence-electron chi connectivity index (χ3n) is 5.25. The maximum Gasteiger partial charge on any atom is 0.235 e. The number of hydrogen-bond donors (Lipinski definition) is 1. The molecule has 6 heteroatoms. The molecule has 1 saturated carbocycles. The van der Waals surface area contributed by atoms with Gasteiger partial charge in [0.15, 0.2) is 0 Å². The summed E-state index contributed by atoms with van der Waals surface area (Å²) in [5.74, 6) is 0.574. The quantitative estimate of drug-likeness (QED) is 0.637. The van der Waals surface area contributed by atoms with Gasteiger partial charge in [0.2, 0.25) is 11.8 Å². The van der Waals surface area contributed by atoms with Gasteiger partial charge in [0.05, 0.1) is 23.9 Å². The third kappa shape index (κ3) is 4.65. The molecule has 150 valence electrons. The first-order valence-electron chi connectivity index (χ1n) is 9.80. The van der Waals surface area contributed by atoms with Gasteiger partial charge >= 0.3 is 0 Å². The number of hydrogen-bond acceptors (Lipinski definition) is 4. The average molecular weight is 403 g/mol. The lowest BCUT2D eigenvalue weighted by atomic mass is 9.78. The van der Waals surface area contributed by atoms with Gasteiger partial charge in [-0.05, 0) is 50.5 Å². The lowest BCUT2D eigenvalue weighted by Gasteiger charge is -2.28. The highest BCUT2D eigenvalue weighted by atomic mass is 35.5. The van der Waals surface area contributed by atoms with Crippen LogP contribution >= 0.6 is 11.6 Å². The molecule has 0 aliphatic heterocycles. The van der Waals surface area contributed by atoms with Crippen molar-refractivity contribution in [3.8, 4) is 5.88 Å². The molecular formula is C22H27ClN2O3. The first-order valence-corrected chi connectivity index (χ1v) is 10.2. The number of aromatic nitrogens is 1. The highest BCUT2D eigenvalue weighted by Crippen LogP contribution is 2.42. The van der Waals surface area contributed by atoms with Crippen molar-refractivity contribution in [3.05, 3.63) is 52.7 Å². The molecule has 1 aromatic heterocycles. The molecule has 1 fully saturated rings. The number of aryl methyl sites for hydroxylation is 1. The van der Waals surface area contributed by atoms with Gasteiger partial charge in [-0.1, -0.05) is 36.6 Å². The van der Waals surface area contributed by atoms with Crippen molar-refractivity contribution in [3.63, 3.8) is 0 Å². The Morgan fingerprint density at radius 3 is 2.57 bits per heavy atom. The summed E-state index contributed by atoms with van der Waals surface area (Å²) in [6, 6.07) is 9.53. The fourth-order valence-corrected chi connectivity index (χ4v) is 3.89. The molecule has 0 unspecified atom stereocenters. The van der Waals surface area contributed by atoms with Gasteiger partial charge in [-0.2, -0.15) is 0 Å². The number of nitrogens with one attached hydrogen (secondary N) is 1. The minimum atomic E-state index is -0.509. The summed E-state index contributed by atoms with van der Waals surface area (Å²) >= 11 is 6.03. The number of benzene rings is 1. The van der Waals surface area contributed by atoms with Gasteiger partial charge in [-0.3, -0.25) is 4.79 Å². The zero-order chi connectivity index (χ0) is 20.0. The number of rotatable bonds is 8. The molecule has 0 saturated heterocycles. The lowest BCUT2D eigenvalue weighted by molar-refractivity contribution is -0.121. The zero-order valence-corrected chi connectivity index (χ0v) is 17.2. The zero-order valence-electron chi connectivity index (χ0n) is 16.5. The first-order chi connectivity index (χ1) is 13.5. The minimum absolute atomic E-state index is 0.0125. The van der Waals surface area contributed by atoms with Crippen molar-refractivity contribution in [2.24, 2.45) is 0 Å². The van der Waals surface area contributed by atoms with Crippen LogP contribution in [0.5, 0.6) is 5.88 Å². The SMILES string of the molecule is CCOCCOc1ncc(NC(=O)C2(c3ccc(Cl)cc3)CCCC2)cc1C. The van der Waals surface area contributed by atoms with E-state index in [1.807, 2.05) is 44.2 Å². The normalized spacial score (nSPS) is 15.4. The van der Waals surface area contributed by atoms with Crippen LogP contribution in [-0.4, -0.2) is 30.7 Å². The highest BCUT2D eigenvalue weighted by Gasteiger charge is 2.42. The van der Waals surface area contributed by atoms with Crippen LogP contribution in [0.4, 0.5) is 5.69 Å². The summed E-state index contributed by atoms with van der Waals surface area (Å²) in [5, 5.41) is 3.75. The number of carbonyl (C=O) groups is 1. The Labute approximate surface area is 171 Å². The Hall–Kier alpha value is -2.11. The van der Waals surface area contributed by atoms with Gasteiger partial charge in [0, 0.05) is 17.2 Å². The second-order valence-corrected chi connectivity index (χ2v) is 7.58. The summed E-state index contributed by atoms with van der Waals surface area (Å²) in [4.78, 5) is 17.6. The van der Waals surface area contributed by atoms with E-state index in [2.05, 4.69) is 10.3 Å². The number of halogens is 1. The van der Waals surface area contributed by atoms with E-state index >= 15 is 0 Å². The fourth-order valence-electron chi connectivity index (χ4n) is 3.77. The highest BCUT2D eigenvalue weighted by molar-refractivity contribution is 6.30. The molecule has 0 radical (unpaired) electrons. The van der Waals surface area contributed by atoms with Crippen molar-refractivity contribution >= 4 is 23.2 Å². The monoisotopic (exact) mass is 402 g/mol. The van der Waals surface area contributed by atoms with E-state index in [1.54, 1.807) is 6.20 Å². The molecule has 1 aromatic carbocycles. The van der Waals surface area contributed by atoms with Crippen LogP contribution in [0, 0.1) is 6.92 Å². The predicted octanol–water partition coefficient (Wildman–Crippen LogP) is 4.91. The maximum absolute atomic E-state index is 13.2. The van der Waals surface area contributed by atoms with Gasteiger partial charge in [-0.15, -0.1) is 0 Å². The Kier molecular flexibility index (Phi) is 6.92. The van der Waals surface area contributed by atoms with Crippen molar-refractivity contribution in [2.75, 3.05) is 25.1 Å². The molecule has 1 N–H and O–H groups in total. The summed E-state index contributed by atoms with van der Waals surface area (Å²) in [5.41, 5.74) is 2.07. The van der Waals surface area contributed by atoms with Gasteiger partial charge in [-0.25, -0.2) is 4.98 Å². The summed E-state index contributed by atoms with van der Waals surface area (Å²) in [6.45, 7) is 5.51. The minimum Gasteiger partial charge on any atom is -0.475 e. The van der Waals surface area contributed by atoms with E-state index in [0.29, 0.717) is 36.4 Å². The lowest BCUT2D eigenvalue weighted by Crippen LogP contribution is -2.38. The Bertz CT molecular complexity index is 802. The van der Waals surface area contributed by atoms with E-state index < -0.39 is 5.41 Å². The van der Waals surface area contributed by atoms with Crippen molar-refractivity contribution in [1.82, 2.24) is 4.98 Å². The van der Waals surface area contributed by atoms with Gasteiger partial charge < -0.3 is 14.8 Å². The molecule has 5 nitrogen and oxygen atoms in total. The van der Waals surface area contributed by atoms with Crippen LogP contribution < -0.4 is 10.1 Å². The molecule has 28 heavy (non-hydrogen) atoms. The smallest absolute Gasteiger partial charge is 0.235 e. The molecule has 0 atom stereocenters. The van der Waals surface area contributed by atoms with E-state index in [0.717, 1.165) is 36.8 Å². The number of ether oxygens (including phenoxy) is 2. The van der Waals surface area contributed by atoms with E-state index in [-0.39, 0.29) is 5.91 Å². The average Bonchev–Trinajstić information content (AvgIpc) is 3.18. The van der Waals surface area contributed by atoms with Crippen LogP contribution in [0.25, 0.3) is 0 Å². The summed E-state index contributed by atoms with van der Waals surface area (Å²) in [7, 11) is 0. The fraction of sp³-hybridized carbons (Fsp3) is 0.455. The number of pyridine rings is 1. The second kappa shape index (κ2) is 9.39. The molecule has 2 aromatic rings. The number of nitrogens with zero attached hydrogens (tertiary/aromatic N) is 1. The number of carbonyl (C=O) groups excluding carboxylic acids is 1. The molecule has 1 heterocycles. The molecule has 1 aliphatic rings. The standard InChI is InChI=1S/C22H27ClN2O3/c1-3-27-12-13-28-20-16(2)14-19(15-24-20)25-21(26)22(10-4-5-11-22)17-6-8-18(23)9-7-17/h6-9,14-15H,3-5,10-13H2,1-2H3,(H,25,26). The van der Waals surface area contributed by atoms with Crippen molar-refractivity contribution < 1.29 is 14.3 Å².